The van der Waals surface area contributed by atoms with Gasteiger partial charge in [-0.15, -0.1) is 0 Å². The van der Waals surface area contributed by atoms with E-state index in [4.69, 9.17) is 0 Å². The zero-order chi connectivity index (χ0) is 22.2. The molecule has 5 heterocycles. The summed E-state index contributed by atoms with van der Waals surface area (Å²) in [6.07, 6.45) is 6.19. The summed E-state index contributed by atoms with van der Waals surface area (Å²) in [4.78, 5) is 23.1. The zero-order valence-electron chi connectivity index (χ0n) is 18.8. The molecule has 0 saturated carbocycles. The maximum Gasteiger partial charge on any atom is 0.318 e. The molecule has 2 aromatic carbocycles. The number of piperidine rings is 3. The van der Waals surface area contributed by atoms with Gasteiger partial charge in [-0.3, -0.25) is 9.88 Å². The van der Waals surface area contributed by atoms with Crippen molar-refractivity contribution in [1.29, 1.82) is 0 Å². The van der Waals surface area contributed by atoms with Crippen molar-refractivity contribution >= 4 is 6.03 Å². The van der Waals surface area contributed by atoms with Crippen molar-refractivity contribution in [3.63, 3.8) is 0 Å². The Morgan fingerprint density at radius 2 is 1.55 bits per heavy atom. The van der Waals surface area contributed by atoms with Crippen LogP contribution in [0.2, 0.25) is 0 Å². The van der Waals surface area contributed by atoms with Gasteiger partial charge in [0.05, 0.1) is 12.1 Å². The van der Waals surface area contributed by atoms with Gasteiger partial charge in [0, 0.05) is 30.9 Å². The molecule has 2 bridgehead atoms. The fourth-order valence-electron chi connectivity index (χ4n) is 6.40. The Morgan fingerprint density at radius 1 is 0.879 bits per heavy atom. The van der Waals surface area contributed by atoms with Gasteiger partial charge in [0.25, 0.3) is 0 Å². The normalized spacial score (nSPS) is 28.0. The number of fused-ring (bicyclic) bond motifs is 2. The third-order valence-electron chi connectivity index (χ3n) is 7.90. The SMILES string of the molecule is O=C(NC(c1ccccc1)c1ccccc1)N1CC(c2cccnc2)C2C1C1CCN2CC1. The van der Waals surface area contributed by atoms with Crippen LogP contribution in [0.25, 0.3) is 0 Å². The number of nitrogens with zero attached hydrogens (tertiary/aromatic N) is 3. The molecule has 1 aromatic heterocycles. The van der Waals surface area contributed by atoms with Crippen molar-refractivity contribution in [2.75, 3.05) is 19.6 Å². The molecule has 33 heavy (non-hydrogen) atoms. The number of rotatable bonds is 4. The monoisotopic (exact) mass is 438 g/mol. The Hall–Kier alpha value is -3.18. The molecule has 4 saturated heterocycles. The standard InChI is InChI=1S/C28H30N4O/c33-28(30-25(20-8-3-1-4-9-20)21-10-5-2-6-11-21)32-19-24(23-12-7-15-29-18-23)27-26(32)22-13-16-31(27)17-14-22/h1-12,15,18,22,24-27H,13-14,16-17,19H2,(H,30,33). The number of hydrogen-bond acceptors (Lipinski definition) is 3. The molecule has 4 aliphatic heterocycles. The average molecular weight is 439 g/mol. The Morgan fingerprint density at radius 3 is 2.15 bits per heavy atom. The number of urea groups is 1. The van der Waals surface area contributed by atoms with Crippen molar-refractivity contribution in [2.45, 2.75) is 36.9 Å². The number of benzene rings is 2. The van der Waals surface area contributed by atoms with Gasteiger partial charge in [0.2, 0.25) is 0 Å². The molecule has 3 atom stereocenters. The minimum Gasteiger partial charge on any atom is -0.327 e. The number of hydrogen-bond donors (Lipinski definition) is 1. The summed E-state index contributed by atoms with van der Waals surface area (Å²) >= 11 is 0. The van der Waals surface area contributed by atoms with Crippen LogP contribution in [0.15, 0.2) is 85.2 Å². The number of nitrogens with one attached hydrogen (secondary N) is 1. The smallest absolute Gasteiger partial charge is 0.318 e. The van der Waals surface area contributed by atoms with Crippen LogP contribution >= 0.6 is 0 Å². The highest BCUT2D eigenvalue weighted by Gasteiger charge is 2.54. The molecule has 4 aliphatic rings. The van der Waals surface area contributed by atoms with Crippen LogP contribution in [0, 0.1) is 5.92 Å². The number of carbonyl (C=O) groups excluding carboxylic acids is 1. The molecule has 0 radical (unpaired) electrons. The topological polar surface area (TPSA) is 48.5 Å². The summed E-state index contributed by atoms with van der Waals surface area (Å²) in [6.45, 7) is 3.04. The van der Waals surface area contributed by atoms with E-state index in [9.17, 15) is 4.79 Å². The van der Waals surface area contributed by atoms with E-state index in [0.29, 0.717) is 17.9 Å². The third-order valence-corrected chi connectivity index (χ3v) is 7.90. The lowest BCUT2D eigenvalue weighted by molar-refractivity contribution is 0.00334. The second-order valence-electron chi connectivity index (χ2n) is 9.60. The fourth-order valence-corrected chi connectivity index (χ4v) is 6.40. The van der Waals surface area contributed by atoms with E-state index < -0.39 is 0 Å². The van der Waals surface area contributed by atoms with Crippen molar-refractivity contribution in [1.82, 2.24) is 20.1 Å². The van der Waals surface area contributed by atoms with Crippen LogP contribution in [0.1, 0.15) is 41.5 Å². The van der Waals surface area contributed by atoms with Gasteiger partial charge in [-0.05, 0) is 54.6 Å². The van der Waals surface area contributed by atoms with Gasteiger partial charge in [0.15, 0.2) is 0 Å². The summed E-state index contributed by atoms with van der Waals surface area (Å²) < 4.78 is 0. The lowest BCUT2D eigenvalue weighted by Gasteiger charge is -2.51. The summed E-state index contributed by atoms with van der Waals surface area (Å²) in [7, 11) is 0. The van der Waals surface area contributed by atoms with Crippen LogP contribution in [0.5, 0.6) is 0 Å². The first-order valence-electron chi connectivity index (χ1n) is 12.1. The molecule has 1 N–H and O–H groups in total. The number of aromatic nitrogens is 1. The van der Waals surface area contributed by atoms with Gasteiger partial charge >= 0.3 is 6.03 Å². The molecular weight excluding hydrogens is 408 g/mol. The Bertz CT molecular complexity index is 1040. The highest BCUT2D eigenvalue weighted by atomic mass is 16.2. The second-order valence-corrected chi connectivity index (χ2v) is 9.60. The molecule has 7 rings (SSSR count). The van der Waals surface area contributed by atoms with Gasteiger partial charge in [-0.1, -0.05) is 66.7 Å². The van der Waals surface area contributed by atoms with E-state index in [2.05, 4.69) is 50.4 Å². The quantitative estimate of drug-likeness (QED) is 0.655. The lowest BCUT2D eigenvalue weighted by atomic mass is 9.75. The van der Waals surface area contributed by atoms with Gasteiger partial charge < -0.3 is 10.2 Å². The molecule has 5 heteroatoms. The van der Waals surface area contributed by atoms with Crippen molar-refractivity contribution < 1.29 is 4.79 Å². The molecule has 4 fully saturated rings. The van der Waals surface area contributed by atoms with Gasteiger partial charge in [0.1, 0.15) is 0 Å². The minimum absolute atomic E-state index is 0.0443. The van der Waals surface area contributed by atoms with E-state index in [1.54, 1.807) is 0 Å². The lowest BCUT2D eigenvalue weighted by Crippen LogP contribution is -2.61. The van der Waals surface area contributed by atoms with Crippen LogP contribution in [0.4, 0.5) is 4.79 Å². The number of likely N-dealkylation sites (tertiary alicyclic amines) is 1. The van der Waals surface area contributed by atoms with Gasteiger partial charge in [-0.25, -0.2) is 4.79 Å². The van der Waals surface area contributed by atoms with Crippen LogP contribution in [-0.2, 0) is 0 Å². The van der Waals surface area contributed by atoms with E-state index in [1.165, 1.54) is 18.4 Å². The van der Waals surface area contributed by atoms with E-state index in [0.717, 1.165) is 30.8 Å². The summed E-state index contributed by atoms with van der Waals surface area (Å²) in [5.74, 6) is 0.892. The van der Waals surface area contributed by atoms with Crippen LogP contribution in [-0.4, -0.2) is 52.5 Å². The first-order valence-corrected chi connectivity index (χ1v) is 12.1. The molecule has 5 nitrogen and oxygen atoms in total. The predicted molar refractivity (Wildman–Crippen MR) is 129 cm³/mol. The number of pyridine rings is 1. The largest absolute Gasteiger partial charge is 0.327 e. The highest BCUT2D eigenvalue weighted by molar-refractivity contribution is 5.76. The molecule has 0 aliphatic carbocycles. The van der Waals surface area contributed by atoms with Crippen molar-refractivity contribution in [2.24, 2.45) is 5.92 Å². The fraction of sp³-hybridized carbons (Fsp3) is 0.357. The maximum atomic E-state index is 13.9. The highest BCUT2D eigenvalue weighted by Crippen LogP contribution is 2.46. The summed E-state index contributed by atoms with van der Waals surface area (Å²) in [5.41, 5.74) is 3.45. The predicted octanol–water partition coefficient (Wildman–Crippen LogP) is 4.44. The summed E-state index contributed by atoms with van der Waals surface area (Å²) in [6, 6.07) is 25.3. The van der Waals surface area contributed by atoms with E-state index >= 15 is 0 Å². The Kier molecular flexibility index (Phi) is 5.35. The number of amides is 2. The molecule has 168 valence electrons. The molecule has 3 unspecified atom stereocenters. The Labute approximate surface area is 195 Å². The summed E-state index contributed by atoms with van der Waals surface area (Å²) in [5, 5.41) is 3.41. The first kappa shape index (κ1) is 20.4. The second kappa shape index (κ2) is 8.64. The van der Waals surface area contributed by atoms with E-state index in [1.807, 2.05) is 54.9 Å². The maximum absolute atomic E-state index is 13.9. The average Bonchev–Trinajstić information content (AvgIpc) is 3.33. The molecular formula is C28H30N4O. The van der Waals surface area contributed by atoms with Crippen molar-refractivity contribution in [3.05, 3.63) is 102 Å². The van der Waals surface area contributed by atoms with Crippen LogP contribution in [0.3, 0.4) is 0 Å². The number of carbonyl (C=O) groups is 1. The Balaban J connectivity index is 1.32. The minimum atomic E-state index is -0.170. The molecule has 3 aromatic rings. The zero-order valence-corrected chi connectivity index (χ0v) is 18.8. The van der Waals surface area contributed by atoms with Crippen molar-refractivity contribution in [3.8, 4) is 0 Å². The third kappa shape index (κ3) is 3.70. The first-order chi connectivity index (χ1) is 16.3. The molecule has 2 amide bonds. The van der Waals surface area contributed by atoms with Crippen LogP contribution < -0.4 is 5.32 Å². The molecule has 0 spiro atoms. The van der Waals surface area contributed by atoms with E-state index in [-0.39, 0.29) is 18.1 Å². The van der Waals surface area contributed by atoms with Gasteiger partial charge in [-0.2, -0.15) is 0 Å².